The summed E-state index contributed by atoms with van der Waals surface area (Å²) in [5.74, 6) is -0.726. The Morgan fingerprint density at radius 2 is 2.06 bits per heavy atom. The van der Waals surface area contributed by atoms with Crippen molar-refractivity contribution in [1.29, 1.82) is 0 Å². The molecule has 0 radical (unpaired) electrons. The molecule has 3 rings (SSSR count). The number of carbonyl (C=O) groups is 2. The molecule has 0 bridgehead atoms. The van der Waals surface area contributed by atoms with Crippen LogP contribution in [-0.4, -0.2) is 51.7 Å². The molecule has 2 aromatic rings. The first-order valence-corrected chi connectivity index (χ1v) is 10.7. The summed E-state index contributed by atoms with van der Waals surface area (Å²) in [6.07, 6.45) is -3.03. The largest absolute Gasteiger partial charge is 0.466 e. The van der Waals surface area contributed by atoms with Gasteiger partial charge in [-0.25, -0.2) is 0 Å². The molecule has 1 aliphatic heterocycles. The van der Waals surface area contributed by atoms with Crippen LogP contribution in [0.15, 0.2) is 29.1 Å². The number of ether oxygens (including phenoxy) is 1. The van der Waals surface area contributed by atoms with Crippen molar-refractivity contribution < 1.29 is 27.5 Å². The highest BCUT2D eigenvalue weighted by Gasteiger charge is 2.31. The molecule has 0 saturated carbocycles. The molecule has 11 heteroatoms. The number of esters is 1. The molecular formula is C22H25F3N4O4. The first kappa shape index (κ1) is 24.4. The van der Waals surface area contributed by atoms with Gasteiger partial charge in [0, 0.05) is 32.4 Å². The van der Waals surface area contributed by atoms with Crippen LogP contribution in [0.5, 0.6) is 0 Å². The van der Waals surface area contributed by atoms with Crippen molar-refractivity contribution >= 4 is 11.9 Å². The van der Waals surface area contributed by atoms with Crippen molar-refractivity contribution in [2.24, 2.45) is 5.92 Å². The number of rotatable bonds is 7. The van der Waals surface area contributed by atoms with E-state index in [9.17, 15) is 27.6 Å². The van der Waals surface area contributed by atoms with Crippen molar-refractivity contribution in [3.63, 3.8) is 0 Å². The third-order valence-corrected chi connectivity index (χ3v) is 5.41. The second-order valence-electron chi connectivity index (χ2n) is 7.85. The molecule has 8 nitrogen and oxygen atoms in total. The molecule has 0 spiro atoms. The van der Waals surface area contributed by atoms with E-state index in [0.717, 1.165) is 12.1 Å². The summed E-state index contributed by atoms with van der Waals surface area (Å²) in [5.41, 5.74) is -0.926. The summed E-state index contributed by atoms with van der Waals surface area (Å²) in [7, 11) is 0. The molecule has 0 aliphatic carbocycles. The number of benzene rings is 1. The smallest absolute Gasteiger partial charge is 0.416 e. The monoisotopic (exact) mass is 466 g/mol. The number of likely N-dealkylation sites (tertiary alicyclic amines) is 1. The maximum Gasteiger partial charge on any atom is 0.416 e. The first-order chi connectivity index (χ1) is 15.7. The Kier molecular flexibility index (Phi) is 7.83. The van der Waals surface area contributed by atoms with Gasteiger partial charge in [0.05, 0.1) is 18.1 Å². The number of aromatic amines is 1. The van der Waals surface area contributed by atoms with Gasteiger partial charge in [-0.2, -0.15) is 13.2 Å². The van der Waals surface area contributed by atoms with E-state index in [4.69, 9.17) is 4.74 Å². The predicted molar refractivity (Wildman–Crippen MR) is 111 cm³/mol. The number of aromatic nitrogens is 3. The minimum Gasteiger partial charge on any atom is -0.466 e. The van der Waals surface area contributed by atoms with Gasteiger partial charge in [-0.05, 0) is 31.4 Å². The molecule has 2 heterocycles. The molecule has 1 fully saturated rings. The summed E-state index contributed by atoms with van der Waals surface area (Å²) in [4.78, 5) is 40.9. The fourth-order valence-corrected chi connectivity index (χ4v) is 3.73. The number of halogens is 3. The summed E-state index contributed by atoms with van der Waals surface area (Å²) in [5, 5.41) is 7.77. The van der Waals surface area contributed by atoms with E-state index >= 15 is 0 Å². The molecule has 1 atom stereocenters. The van der Waals surface area contributed by atoms with Crippen molar-refractivity contribution in [3.05, 3.63) is 57.3 Å². The van der Waals surface area contributed by atoms with Crippen LogP contribution in [0.25, 0.3) is 0 Å². The molecule has 33 heavy (non-hydrogen) atoms. The lowest BCUT2D eigenvalue weighted by Gasteiger charge is -2.31. The molecule has 1 N–H and O–H groups in total. The highest BCUT2D eigenvalue weighted by atomic mass is 19.4. The Hall–Kier alpha value is -3.24. The average Bonchev–Trinajstić information content (AvgIpc) is 2.78. The topological polar surface area (TPSA) is 105 Å². The lowest BCUT2D eigenvalue weighted by molar-refractivity contribution is -0.151. The molecular weight excluding hydrogens is 441 g/mol. The van der Waals surface area contributed by atoms with Gasteiger partial charge >= 0.3 is 12.1 Å². The quantitative estimate of drug-likeness (QED) is 0.629. The number of aryl methyl sites for hydroxylation is 1. The molecule has 1 saturated heterocycles. The van der Waals surface area contributed by atoms with Gasteiger partial charge < -0.3 is 14.6 Å². The second-order valence-corrected chi connectivity index (χ2v) is 7.85. The number of carbonyl (C=O) groups excluding carboxylic acids is 2. The minimum absolute atomic E-state index is 0.0194. The van der Waals surface area contributed by atoms with Crippen LogP contribution in [0, 0.1) is 5.92 Å². The number of H-pyrrole nitrogens is 1. The Bertz CT molecular complexity index is 1050. The molecule has 1 amide bonds. The van der Waals surface area contributed by atoms with E-state index in [1.165, 1.54) is 12.1 Å². The Morgan fingerprint density at radius 3 is 2.76 bits per heavy atom. The second kappa shape index (κ2) is 10.6. The van der Waals surface area contributed by atoms with Gasteiger partial charge in [0.15, 0.2) is 0 Å². The maximum absolute atomic E-state index is 12.9. The SMILES string of the molecule is CCOC(=O)C1CCCN(C(=O)CCc2nnc(Cc3cccc(C(F)(F)F)c3)[nH]c2=O)C1. The number of amides is 1. The fourth-order valence-electron chi connectivity index (χ4n) is 3.73. The number of piperidine rings is 1. The normalized spacial score (nSPS) is 16.5. The van der Waals surface area contributed by atoms with Crippen LogP contribution in [0.3, 0.4) is 0 Å². The van der Waals surface area contributed by atoms with Crippen LogP contribution in [0.2, 0.25) is 0 Å². The van der Waals surface area contributed by atoms with Gasteiger partial charge in [0.2, 0.25) is 5.91 Å². The van der Waals surface area contributed by atoms with E-state index in [1.54, 1.807) is 11.8 Å². The molecule has 178 valence electrons. The standard InChI is InChI=1S/C22H25F3N4O4/c1-2-33-21(32)15-6-4-10-29(13-15)19(30)9-8-17-20(31)26-18(28-27-17)12-14-5-3-7-16(11-14)22(23,24)25/h3,5,7,11,15H,2,4,6,8-10,12-13H2,1H3,(H,26,28,31). The predicted octanol–water partition coefficient (Wildman–Crippen LogP) is 2.51. The molecule has 1 unspecified atom stereocenters. The number of alkyl halides is 3. The van der Waals surface area contributed by atoms with Gasteiger partial charge in [-0.15, -0.1) is 10.2 Å². The zero-order valence-electron chi connectivity index (χ0n) is 18.2. The van der Waals surface area contributed by atoms with Crippen molar-refractivity contribution in [3.8, 4) is 0 Å². The maximum atomic E-state index is 12.9. The van der Waals surface area contributed by atoms with Gasteiger partial charge in [-0.3, -0.25) is 14.4 Å². The van der Waals surface area contributed by atoms with E-state index in [2.05, 4.69) is 15.2 Å². The first-order valence-electron chi connectivity index (χ1n) is 10.7. The van der Waals surface area contributed by atoms with Crippen LogP contribution in [0.4, 0.5) is 13.2 Å². The van der Waals surface area contributed by atoms with Gasteiger partial charge in [0.25, 0.3) is 5.56 Å². The highest BCUT2D eigenvalue weighted by molar-refractivity contribution is 5.78. The van der Waals surface area contributed by atoms with Crippen LogP contribution >= 0.6 is 0 Å². The Balaban J connectivity index is 1.58. The summed E-state index contributed by atoms with van der Waals surface area (Å²) in [6.45, 7) is 2.84. The van der Waals surface area contributed by atoms with E-state index < -0.39 is 17.3 Å². The molecule has 1 aliphatic rings. The number of nitrogens with zero attached hydrogens (tertiary/aromatic N) is 3. The van der Waals surface area contributed by atoms with Gasteiger partial charge in [-0.1, -0.05) is 18.2 Å². The summed E-state index contributed by atoms with van der Waals surface area (Å²) in [6, 6.07) is 4.75. The summed E-state index contributed by atoms with van der Waals surface area (Å²) < 4.78 is 43.6. The highest BCUT2D eigenvalue weighted by Crippen LogP contribution is 2.29. The van der Waals surface area contributed by atoms with Crippen molar-refractivity contribution in [2.45, 2.75) is 45.2 Å². The molecule has 1 aromatic carbocycles. The Labute approximate surface area is 188 Å². The average molecular weight is 466 g/mol. The zero-order valence-corrected chi connectivity index (χ0v) is 18.2. The lowest BCUT2D eigenvalue weighted by Crippen LogP contribution is -2.43. The van der Waals surface area contributed by atoms with E-state index in [1.807, 2.05) is 0 Å². The van der Waals surface area contributed by atoms with Crippen molar-refractivity contribution in [2.75, 3.05) is 19.7 Å². The zero-order chi connectivity index (χ0) is 24.0. The molecule has 1 aromatic heterocycles. The fraction of sp³-hybridized carbons (Fsp3) is 0.500. The van der Waals surface area contributed by atoms with E-state index in [0.29, 0.717) is 24.9 Å². The van der Waals surface area contributed by atoms with Crippen LogP contribution in [-0.2, 0) is 33.3 Å². The lowest BCUT2D eigenvalue weighted by atomic mass is 9.98. The Morgan fingerprint density at radius 1 is 1.27 bits per heavy atom. The third-order valence-electron chi connectivity index (χ3n) is 5.41. The number of hydrogen-bond acceptors (Lipinski definition) is 6. The number of nitrogens with one attached hydrogen (secondary N) is 1. The van der Waals surface area contributed by atoms with Crippen molar-refractivity contribution in [1.82, 2.24) is 20.1 Å². The van der Waals surface area contributed by atoms with Crippen LogP contribution < -0.4 is 5.56 Å². The van der Waals surface area contributed by atoms with Crippen LogP contribution in [0.1, 0.15) is 48.8 Å². The number of hydrogen-bond donors (Lipinski definition) is 1. The third kappa shape index (κ3) is 6.62. The van der Waals surface area contributed by atoms with E-state index in [-0.39, 0.29) is 61.7 Å². The van der Waals surface area contributed by atoms with Gasteiger partial charge in [0.1, 0.15) is 11.5 Å². The summed E-state index contributed by atoms with van der Waals surface area (Å²) >= 11 is 0. The minimum atomic E-state index is -4.46.